The van der Waals surface area contributed by atoms with Crippen molar-refractivity contribution in [1.29, 1.82) is 0 Å². The molecular formula is C26H30ClNO2. The molecule has 0 atom stereocenters. The zero-order valence-electron chi connectivity index (χ0n) is 17.3. The second-order valence-electron chi connectivity index (χ2n) is 7.78. The van der Waals surface area contributed by atoms with Crippen molar-refractivity contribution < 1.29 is 26.8 Å². The fraction of sp³-hybridized carbons (Fsp3) is 0.308. The summed E-state index contributed by atoms with van der Waals surface area (Å²) in [6.07, 6.45) is 2.54. The maximum atomic E-state index is 5.96. The number of likely N-dealkylation sites (tertiary alicyclic amines) is 1. The molecule has 3 aromatic rings. The van der Waals surface area contributed by atoms with Gasteiger partial charge in [-0.2, -0.15) is 0 Å². The van der Waals surface area contributed by atoms with Crippen LogP contribution in [0, 0.1) is 0 Å². The topological polar surface area (TPSA) is 22.9 Å². The summed E-state index contributed by atoms with van der Waals surface area (Å²) in [5.74, 6) is 2.51. The molecular weight excluding hydrogens is 394 g/mol. The van der Waals surface area contributed by atoms with Crippen molar-refractivity contribution in [1.82, 2.24) is 0 Å². The van der Waals surface area contributed by atoms with E-state index in [-0.39, 0.29) is 12.4 Å². The van der Waals surface area contributed by atoms with Gasteiger partial charge in [0.05, 0.1) is 13.1 Å². The average molecular weight is 424 g/mol. The fourth-order valence-electron chi connectivity index (χ4n) is 4.02. The highest BCUT2D eigenvalue weighted by molar-refractivity contribution is 5.31. The third kappa shape index (κ3) is 6.51. The molecule has 0 amide bonds. The summed E-state index contributed by atoms with van der Waals surface area (Å²) >= 11 is 0. The van der Waals surface area contributed by atoms with Crippen molar-refractivity contribution in [2.24, 2.45) is 0 Å². The summed E-state index contributed by atoms with van der Waals surface area (Å²) in [7, 11) is 0. The van der Waals surface area contributed by atoms with Crippen molar-refractivity contribution in [3.63, 3.8) is 0 Å². The Labute approximate surface area is 186 Å². The van der Waals surface area contributed by atoms with E-state index in [1.807, 2.05) is 42.5 Å². The fourth-order valence-corrected chi connectivity index (χ4v) is 4.02. The van der Waals surface area contributed by atoms with Crippen LogP contribution in [0.15, 0.2) is 84.9 Å². The van der Waals surface area contributed by atoms with Gasteiger partial charge in [-0.1, -0.05) is 60.7 Å². The van der Waals surface area contributed by atoms with Crippen LogP contribution >= 0.6 is 0 Å². The number of hydrogen-bond donors (Lipinski definition) is 1. The second kappa shape index (κ2) is 11.6. The van der Waals surface area contributed by atoms with E-state index in [1.54, 1.807) is 4.90 Å². The van der Waals surface area contributed by atoms with Crippen LogP contribution in [-0.4, -0.2) is 26.2 Å². The van der Waals surface area contributed by atoms with E-state index >= 15 is 0 Å². The molecule has 158 valence electrons. The van der Waals surface area contributed by atoms with E-state index in [0.717, 1.165) is 30.6 Å². The molecule has 0 spiro atoms. The molecule has 0 aliphatic carbocycles. The normalized spacial score (nSPS) is 18.3. The van der Waals surface area contributed by atoms with Gasteiger partial charge in [0, 0.05) is 12.8 Å². The maximum Gasteiger partial charge on any atom is 0.137 e. The molecule has 0 radical (unpaired) electrons. The Morgan fingerprint density at radius 2 is 1.27 bits per heavy atom. The van der Waals surface area contributed by atoms with Crippen molar-refractivity contribution >= 4 is 0 Å². The molecule has 3 aromatic carbocycles. The van der Waals surface area contributed by atoms with Gasteiger partial charge in [0.1, 0.15) is 31.3 Å². The minimum Gasteiger partial charge on any atom is -1.00 e. The molecule has 4 rings (SSSR count). The van der Waals surface area contributed by atoms with Crippen LogP contribution in [0.2, 0.25) is 0 Å². The molecule has 3 nitrogen and oxygen atoms in total. The number of nitrogens with one attached hydrogen (secondary N) is 1. The monoisotopic (exact) mass is 423 g/mol. The summed E-state index contributed by atoms with van der Waals surface area (Å²) in [6, 6.07) is 29.1. The van der Waals surface area contributed by atoms with E-state index in [0.29, 0.717) is 6.61 Å². The van der Waals surface area contributed by atoms with Crippen molar-refractivity contribution in [2.45, 2.75) is 25.4 Å². The smallest absolute Gasteiger partial charge is 0.137 e. The van der Waals surface area contributed by atoms with Gasteiger partial charge >= 0.3 is 0 Å². The first-order valence-electron chi connectivity index (χ1n) is 10.6. The average Bonchev–Trinajstić information content (AvgIpc) is 2.80. The lowest BCUT2D eigenvalue weighted by molar-refractivity contribution is -0.905. The number of ether oxygens (including phenoxy) is 2. The van der Waals surface area contributed by atoms with Crippen LogP contribution in [0.3, 0.4) is 0 Å². The molecule has 1 heterocycles. The highest BCUT2D eigenvalue weighted by Crippen LogP contribution is 2.23. The van der Waals surface area contributed by atoms with E-state index in [1.165, 1.54) is 37.1 Å². The van der Waals surface area contributed by atoms with Crippen molar-refractivity contribution in [2.75, 3.05) is 26.2 Å². The van der Waals surface area contributed by atoms with Gasteiger partial charge in [-0.05, 0) is 41.3 Å². The summed E-state index contributed by atoms with van der Waals surface area (Å²) < 4.78 is 11.8. The Bertz CT molecular complexity index is 847. The van der Waals surface area contributed by atoms with Crippen LogP contribution in [0.25, 0.3) is 0 Å². The van der Waals surface area contributed by atoms with Gasteiger partial charge in [-0.25, -0.2) is 0 Å². The van der Waals surface area contributed by atoms with Crippen molar-refractivity contribution in [3.05, 3.63) is 96.1 Å². The summed E-state index contributed by atoms with van der Waals surface area (Å²) in [5.41, 5.74) is 2.67. The van der Waals surface area contributed by atoms with Gasteiger partial charge in [0.15, 0.2) is 0 Å². The molecule has 0 unspecified atom stereocenters. The van der Waals surface area contributed by atoms with Crippen LogP contribution < -0.4 is 26.8 Å². The number of hydrogen-bond acceptors (Lipinski definition) is 2. The first kappa shape index (κ1) is 22.2. The number of rotatable bonds is 8. The summed E-state index contributed by atoms with van der Waals surface area (Å²) in [6.45, 7) is 4.87. The molecule has 1 saturated heterocycles. The number of halogens is 1. The standard InChI is InChI=1S/C26H29NO2.ClH/c1-3-7-22(8-4-1)21-29-26-13-11-25(12-14-26)28-20-19-27-17-15-24(16-18-27)23-9-5-2-6-10-23;/h1-14,24H,15-21H2;1H. The van der Waals surface area contributed by atoms with Gasteiger partial charge < -0.3 is 26.8 Å². The van der Waals surface area contributed by atoms with Crippen LogP contribution in [0.5, 0.6) is 11.5 Å². The Hall–Kier alpha value is -2.49. The van der Waals surface area contributed by atoms with Crippen LogP contribution in [0.1, 0.15) is 29.9 Å². The largest absolute Gasteiger partial charge is 1.00 e. The molecule has 1 N–H and O–H groups in total. The first-order valence-corrected chi connectivity index (χ1v) is 10.6. The van der Waals surface area contributed by atoms with Crippen LogP contribution in [0.4, 0.5) is 0 Å². The zero-order chi connectivity index (χ0) is 19.7. The maximum absolute atomic E-state index is 5.96. The lowest BCUT2D eigenvalue weighted by Crippen LogP contribution is -3.13. The molecule has 1 aliphatic rings. The Morgan fingerprint density at radius 1 is 0.700 bits per heavy atom. The molecule has 0 bridgehead atoms. The van der Waals surface area contributed by atoms with Gasteiger partial charge in [0.2, 0.25) is 0 Å². The second-order valence-corrected chi connectivity index (χ2v) is 7.78. The SMILES string of the molecule is [Cl-].c1ccc(COc2ccc(OCC[NH+]3CCC(c4ccccc4)CC3)cc2)cc1. The highest BCUT2D eigenvalue weighted by atomic mass is 35.5. The zero-order valence-corrected chi connectivity index (χ0v) is 18.1. The molecule has 0 saturated carbocycles. The Kier molecular flexibility index (Phi) is 8.61. The highest BCUT2D eigenvalue weighted by Gasteiger charge is 2.22. The van der Waals surface area contributed by atoms with E-state index in [2.05, 4.69) is 42.5 Å². The van der Waals surface area contributed by atoms with Gasteiger partial charge in [-0.15, -0.1) is 0 Å². The van der Waals surface area contributed by atoms with E-state index in [9.17, 15) is 0 Å². The first-order chi connectivity index (χ1) is 14.4. The lowest BCUT2D eigenvalue weighted by Gasteiger charge is -2.29. The molecule has 30 heavy (non-hydrogen) atoms. The minimum atomic E-state index is 0. The predicted octanol–water partition coefficient (Wildman–Crippen LogP) is 1.11. The number of quaternary nitrogens is 1. The summed E-state index contributed by atoms with van der Waals surface area (Å²) in [5, 5.41) is 0. The van der Waals surface area contributed by atoms with Gasteiger partial charge in [-0.3, -0.25) is 0 Å². The molecule has 1 aliphatic heterocycles. The van der Waals surface area contributed by atoms with Gasteiger partial charge in [0.25, 0.3) is 0 Å². The summed E-state index contributed by atoms with van der Waals surface area (Å²) in [4.78, 5) is 1.65. The quantitative estimate of drug-likeness (QED) is 0.586. The Morgan fingerprint density at radius 3 is 1.90 bits per heavy atom. The molecule has 0 aromatic heterocycles. The van der Waals surface area contributed by atoms with Crippen molar-refractivity contribution in [3.8, 4) is 11.5 Å². The van der Waals surface area contributed by atoms with Crippen LogP contribution in [-0.2, 0) is 6.61 Å². The Balaban J connectivity index is 0.00000256. The third-order valence-corrected chi connectivity index (χ3v) is 5.76. The molecule has 1 fully saturated rings. The predicted molar refractivity (Wildman–Crippen MR) is 117 cm³/mol. The van der Waals surface area contributed by atoms with E-state index < -0.39 is 0 Å². The number of piperidine rings is 1. The lowest BCUT2D eigenvalue weighted by atomic mass is 9.89. The molecule has 4 heteroatoms. The minimum absolute atomic E-state index is 0. The number of benzene rings is 3. The van der Waals surface area contributed by atoms with E-state index in [4.69, 9.17) is 9.47 Å². The third-order valence-electron chi connectivity index (χ3n) is 5.76.